The molecule has 7 nitrogen and oxygen atoms in total. The first-order chi connectivity index (χ1) is 12.8. The van der Waals surface area contributed by atoms with E-state index in [1.165, 1.54) is 22.5 Å². The van der Waals surface area contributed by atoms with Gasteiger partial charge in [-0.05, 0) is 31.0 Å². The summed E-state index contributed by atoms with van der Waals surface area (Å²) >= 11 is 6.06. The molecule has 1 aromatic carbocycles. The van der Waals surface area contributed by atoms with Crippen molar-refractivity contribution in [3.63, 3.8) is 0 Å². The predicted molar refractivity (Wildman–Crippen MR) is 103 cm³/mol. The van der Waals surface area contributed by atoms with Crippen molar-refractivity contribution < 1.29 is 22.7 Å². The van der Waals surface area contributed by atoms with Crippen LogP contribution in [0.1, 0.15) is 39.5 Å². The Morgan fingerprint density at radius 2 is 1.85 bits per heavy atom. The molecule has 0 heterocycles. The van der Waals surface area contributed by atoms with Gasteiger partial charge in [-0.1, -0.05) is 38.3 Å². The highest BCUT2D eigenvalue weighted by Gasteiger charge is 2.26. The van der Waals surface area contributed by atoms with Crippen molar-refractivity contribution in [2.45, 2.75) is 44.4 Å². The van der Waals surface area contributed by atoms with Crippen LogP contribution in [0.25, 0.3) is 0 Å². The number of ether oxygens (including phenoxy) is 1. The van der Waals surface area contributed by atoms with Crippen LogP contribution in [0.5, 0.6) is 0 Å². The molecule has 0 aliphatic heterocycles. The Morgan fingerprint density at radius 1 is 1.22 bits per heavy atom. The van der Waals surface area contributed by atoms with E-state index in [1.807, 2.05) is 0 Å². The molecule has 0 bridgehead atoms. The second-order valence-corrected chi connectivity index (χ2v) is 8.69. The molecule has 1 amide bonds. The van der Waals surface area contributed by atoms with Gasteiger partial charge >= 0.3 is 5.97 Å². The number of hydrogen-bond acceptors (Lipinski definition) is 5. The number of sulfonamides is 1. The molecule has 0 saturated heterocycles. The topological polar surface area (TPSA) is 92.8 Å². The number of benzene rings is 1. The van der Waals surface area contributed by atoms with Gasteiger partial charge in [0.2, 0.25) is 10.0 Å². The van der Waals surface area contributed by atoms with Crippen molar-refractivity contribution in [1.82, 2.24) is 4.31 Å². The maximum absolute atomic E-state index is 12.7. The molecule has 0 radical (unpaired) electrons. The zero-order chi connectivity index (χ0) is 20.0. The number of nitrogens with one attached hydrogen (secondary N) is 1. The minimum Gasteiger partial charge on any atom is -0.455 e. The van der Waals surface area contributed by atoms with Crippen LogP contribution in [-0.2, 0) is 24.3 Å². The first kappa shape index (κ1) is 21.7. The van der Waals surface area contributed by atoms with Crippen LogP contribution in [0, 0.1) is 5.92 Å². The van der Waals surface area contributed by atoms with Crippen LogP contribution in [0.2, 0.25) is 5.02 Å². The monoisotopic (exact) mass is 416 g/mol. The maximum atomic E-state index is 12.7. The molecule has 1 saturated carbocycles. The molecule has 0 unspecified atom stereocenters. The summed E-state index contributed by atoms with van der Waals surface area (Å²) in [6.45, 7) is 3.68. The molecule has 150 valence electrons. The van der Waals surface area contributed by atoms with Crippen LogP contribution in [0.3, 0.4) is 0 Å². The van der Waals surface area contributed by atoms with Gasteiger partial charge in [-0.25, -0.2) is 8.42 Å². The first-order valence-electron chi connectivity index (χ1n) is 9.05. The number of hydrogen-bond donors (Lipinski definition) is 1. The number of esters is 1. The van der Waals surface area contributed by atoms with Gasteiger partial charge in [-0.15, -0.1) is 0 Å². The average molecular weight is 417 g/mol. The number of amides is 1. The fraction of sp³-hybridized carbons (Fsp3) is 0.556. The summed E-state index contributed by atoms with van der Waals surface area (Å²) in [6.07, 6.45) is 3.59. The van der Waals surface area contributed by atoms with Crippen LogP contribution >= 0.6 is 11.6 Å². The summed E-state index contributed by atoms with van der Waals surface area (Å²) < 4.78 is 31.7. The summed E-state index contributed by atoms with van der Waals surface area (Å²) in [7, 11) is -3.76. The lowest BCUT2D eigenvalue weighted by Crippen LogP contribution is -2.31. The third-order valence-corrected chi connectivity index (χ3v) is 7.10. The van der Waals surface area contributed by atoms with Gasteiger partial charge in [-0.2, -0.15) is 4.31 Å². The lowest BCUT2D eigenvalue weighted by molar-refractivity contribution is -0.151. The molecular formula is C18H25ClN2O5S. The van der Waals surface area contributed by atoms with E-state index in [9.17, 15) is 18.0 Å². The van der Waals surface area contributed by atoms with Crippen LogP contribution in [-0.4, -0.2) is 44.3 Å². The van der Waals surface area contributed by atoms with Crippen molar-refractivity contribution in [3.8, 4) is 0 Å². The van der Waals surface area contributed by atoms with E-state index < -0.39 is 22.5 Å². The van der Waals surface area contributed by atoms with Gasteiger partial charge in [0.25, 0.3) is 5.91 Å². The summed E-state index contributed by atoms with van der Waals surface area (Å²) in [5.74, 6) is -1.02. The van der Waals surface area contributed by atoms with Gasteiger partial charge in [-0.3, -0.25) is 9.59 Å². The number of nitrogens with zero attached hydrogens (tertiary/aromatic N) is 1. The smallest absolute Gasteiger partial charge is 0.309 e. The Hall–Kier alpha value is -1.64. The highest BCUT2D eigenvalue weighted by atomic mass is 35.5. The van der Waals surface area contributed by atoms with Crippen LogP contribution in [0.15, 0.2) is 23.1 Å². The summed E-state index contributed by atoms with van der Waals surface area (Å²) in [5.41, 5.74) is 0.270. The van der Waals surface area contributed by atoms with E-state index in [0.29, 0.717) is 13.1 Å². The molecule has 0 atom stereocenters. The van der Waals surface area contributed by atoms with Crippen molar-refractivity contribution >= 4 is 39.2 Å². The Labute approximate surface area is 165 Å². The van der Waals surface area contributed by atoms with E-state index in [-0.39, 0.29) is 27.5 Å². The van der Waals surface area contributed by atoms with Gasteiger partial charge in [0, 0.05) is 18.8 Å². The fourth-order valence-electron chi connectivity index (χ4n) is 3.09. The summed E-state index contributed by atoms with van der Waals surface area (Å²) in [4.78, 5) is 23.8. The zero-order valence-electron chi connectivity index (χ0n) is 15.5. The molecule has 0 spiro atoms. The maximum Gasteiger partial charge on any atom is 0.309 e. The van der Waals surface area contributed by atoms with Gasteiger partial charge in [0.1, 0.15) is 4.90 Å². The Kier molecular flexibility index (Phi) is 7.64. The number of halogens is 1. The van der Waals surface area contributed by atoms with Crippen LogP contribution < -0.4 is 5.32 Å². The molecule has 2 rings (SSSR count). The second kappa shape index (κ2) is 9.52. The molecule has 1 aromatic rings. The van der Waals surface area contributed by atoms with Gasteiger partial charge < -0.3 is 10.1 Å². The molecule has 9 heteroatoms. The number of carbonyl (C=O) groups excluding carboxylic acids is 2. The SMILES string of the molecule is CCN(CC)S(=O)(=O)c1cc(NC(=O)COC(=O)C2CCCC2)ccc1Cl. The molecule has 1 aliphatic rings. The lowest BCUT2D eigenvalue weighted by atomic mass is 10.1. The molecular weight excluding hydrogens is 392 g/mol. The van der Waals surface area contributed by atoms with Crippen LogP contribution in [0.4, 0.5) is 5.69 Å². The molecule has 0 aromatic heterocycles. The zero-order valence-corrected chi connectivity index (χ0v) is 17.1. The summed E-state index contributed by atoms with van der Waals surface area (Å²) in [6, 6.07) is 4.23. The van der Waals surface area contributed by atoms with Crippen molar-refractivity contribution in [2.24, 2.45) is 5.92 Å². The van der Waals surface area contributed by atoms with Crippen molar-refractivity contribution in [3.05, 3.63) is 23.2 Å². The quantitative estimate of drug-likeness (QED) is 0.657. The fourth-order valence-corrected chi connectivity index (χ4v) is 5.05. The standard InChI is InChI=1S/C18H25ClN2O5S/c1-3-21(4-2)27(24,25)16-11-14(9-10-15(16)19)20-17(22)12-26-18(23)13-7-5-6-8-13/h9-11,13H,3-8,12H2,1-2H3,(H,20,22). The molecule has 1 aliphatic carbocycles. The Balaban J connectivity index is 2.04. The Morgan fingerprint density at radius 3 is 2.44 bits per heavy atom. The highest BCUT2D eigenvalue weighted by Crippen LogP contribution is 2.28. The van der Waals surface area contributed by atoms with Crippen molar-refractivity contribution in [1.29, 1.82) is 0 Å². The summed E-state index contributed by atoms with van der Waals surface area (Å²) in [5, 5.41) is 2.62. The first-order valence-corrected chi connectivity index (χ1v) is 10.9. The molecule has 27 heavy (non-hydrogen) atoms. The second-order valence-electron chi connectivity index (χ2n) is 6.37. The number of carbonyl (C=O) groups is 2. The minimum atomic E-state index is -3.76. The van der Waals surface area contributed by atoms with E-state index in [1.54, 1.807) is 13.8 Å². The predicted octanol–water partition coefficient (Wildman–Crippen LogP) is 3.04. The molecule has 1 N–H and O–H groups in total. The molecule has 1 fully saturated rings. The number of anilines is 1. The van der Waals surface area contributed by atoms with E-state index in [0.717, 1.165) is 25.7 Å². The number of rotatable bonds is 8. The van der Waals surface area contributed by atoms with Crippen molar-refractivity contribution in [2.75, 3.05) is 25.0 Å². The van der Waals surface area contributed by atoms with E-state index in [4.69, 9.17) is 16.3 Å². The average Bonchev–Trinajstić information content (AvgIpc) is 3.16. The van der Waals surface area contributed by atoms with E-state index in [2.05, 4.69) is 5.32 Å². The lowest BCUT2D eigenvalue weighted by Gasteiger charge is -2.19. The normalized spacial score (nSPS) is 15.1. The minimum absolute atomic E-state index is 0.0754. The highest BCUT2D eigenvalue weighted by molar-refractivity contribution is 7.89. The third-order valence-electron chi connectivity index (χ3n) is 4.57. The Bertz CT molecular complexity index is 787. The van der Waals surface area contributed by atoms with Gasteiger partial charge in [0.15, 0.2) is 6.61 Å². The largest absolute Gasteiger partial charge is 0.455 e. The van der Waals surface area contributed by atoms with E-state index >= 15 is 0 Å². The third kappa shape index (κ3) is 5.43. The van der Waals surface area contributed by atoms with Gasteiger partial charge in [0.05, 0.1) is 10.9 Å².